The van der Waals surface area contributed by atoms with Gasteiger partial charge in [-0.15, -0.1) is 0 Å². The second-order valence-electron chi connectivity index (χ2n) is 5.35. The molecular formula is C15H23BrN2O. The summed E-state index contributed by atoms with van der Waals surface area (Å²) >= 11 is 3.63. The van der Waals surface area contributed by atoms with Crippen LogP contribution in [-0.4, -0.2) is 31.1 Å². The molecule has 0 aromatic heterocycles. The lowest BCUT2D eigenvalue weighted by molar-refractivity contribution is 0.0988. The van der Waals surface area contributed by atoms with Crippen molar-refractivity contribution in [1.82, 2.24) is 4.90 Å². The molecule has 1 aromatic carbocycles. The van der Waals surface area contributed by atoms with Crippen LogP contribution in [-0.2, 0) is 6.54 Å². The Morgan fingerprint density at radius 2 is 2.26 bits per heavy atom. The molecule has 1 aliphatic heterocycles. The molecular weight excluding hydrogens is 304 g/mol. The fourth-order valence-corrected chi connectivity index (χ4v) is 3.30. The molecule has 1 heterocycles. The molecule has 0 radical (unpaired) electrons. The molecule has 0 aliphatic carbocycles. The highest BCUT2D eigenvalue weighted by molar-refractivity contribution is 9.10. The predicted octanol–water partition coefficient (Wildman–Crippen LogP) is 3.02. The van der Waals surface area contributed by atoms with E-state index >= 15 is 0 Å². The van der Waals surface area contributed by atoms with E-state index in [-0.39, 0.29) is 0 Å². The van der Waals surface area contributed by atoms with Crippen molar-refractivity contribution in [2.75, 3.05) is 20.2 Å². The lowest BCUT2D eigenvalue weighted by Gasteiger charge is -2.39. The van der Waals surface area contributed by atoms with Gasteiger partial charge in [0.05, 0.1) is 7.11 Å². The Hall–Kier alpha value is -0.580. The van der Waals surface area contributed by atoms with E-state index in [1.165, 1.54) is 18.4 Å². The molecule has 3 nitrogen and oxygen atoms in total. The zero-order chi connectivity index (χ0) is 13.8. The molecule has 0 amide bonds. The Labute approximate surface area is 124 Å². The van der Waals surface area contributed by atoms with E-state index in [1.54, 1.807) is 7.11 Å². The summed E-state index contributed by atoms with van der Waals surface area (Å²) in [5, 5.41) is 0. The molecule has 2 unspecified atom stereocenters. The summed E-state index contributed by atoms with van der Waals surface area (Å²) in [4.78, 5) is 2.51. The number of piperidine rings is 1. The van der Waals surface area contributed by atoms with Crippen LogP contribution < -0.4 is 10.5 Å². The minimum Gasteiger partial charge on any atom is -0.497 e. The number of hydrogen-bond acceptors (Lipinski definition) is 3. The monoisotopic (exact) mass is 326 g/mol. The smallest absolute Gasteiger partial charge is 0.119 e. The summed E-state index contributed by atoms with van der Waals surface area (Å²) in [5.74, 6) is 1.59. The summed E-state index contributed by atoms with van der Waals surface area (Å²) in [6.45, 7) is 5.12. The molecule has 19 heavy (non-hydrogen) atoms. The minimum absolute atomic E-state index is 0.492. The molecule has 1 saturated heterocycles. The van der Waals surface area contributed by atoms with E-state index in [1.807, 2.05) is 6.07 Å². The summed E-state index contributed by atoms with van der Waals surface area (Å²) in [6.07, 6.45) is 2.55. The Morgan fingerprint density at radius 1 is 1.47 bits per heavy atom. The molecule has 2 rings (SSSR count). The molecule has 1 aromatic rings. The van der Waals surface area contributed by atoms with Gasteiger partial charge in [0.15, 0.2) is 0 Å². The van der Waals surface area contributed by atoms with Gasteiger partial charge in [0.1, 0.15) is 5.75 Å². The first kappa shape index (κ1) is 14.8. The molecule has 1 aliphatic rings. The highest BCUT2D eigenvalue weighted by atomic mass is 79.9. The van der Waals surface area contributed by atoms with E-state index in [9.17, 15) is 0 Å². The van der Waals surface area contributed by atoms with Gasteiger partial charge in [0.2, 0.25) is 0 Å². The first-order valence-electron chi connectivity index (χ1n) is 6.92. The minimum atomic E-state index is 0.492. The highest BCUT2D eigenvalue weighted by Gasteiger charge is 2.27. The summed E-state index contributed by atoms with van der Waals surface area (Å²) in [5.41, 5.74) is 7.22. The van der Waals surface area contributed by atoms with Crippen LogP contribution in [0.1, 0.15) is 25.3 Å². The Balaban J connectivity index is 2.15. The van der Waals surface area contributed by atoms with Crippen molar-refractivity contribution in [1.29, 1.82) is 0 Å². The zero-order valence-electron chi connectivity index (χ0n) is 11.7. The standard InChI is InChI=1S/C15H23BrN2O/c1-11-4-3-7-18(15(11)9-17)10-12-8-13(19-2)5-6-14(12)16/h5-6,8,11,15H,3-4,7,9-10,17H2,1-2H3. The predicted molar refractivity (Wildman–Crippen MR) is 82.3 cm³/mol. The summed E-state index contributed by atoms with van der Waals surface area (Å²) < 4.78 is 6.45. The number of ether oxygens (including phenoxy) is 1. The van der Waals surface area contributed by atoms with Gasteiger partial charge < -0.3 is 10.5 Å². The van der Waals surface area contributed by atoms with Crippen LogP contribution in [0.25, 0.3) is 0 Å². The maximum absolute atomic E-state index is 5.95. The van der Waals surface area contributed by atoms with Gasteiger partial charge in [0, 0.05) is 23.6 Å². The molecule has 2 N–H and O–H groups in total. The van der Waals surface area contributed by atoms with Crippen molar-refractivity contribution in [3.8, 4) is 5.75 Å². The average molecular weight is 327 g/mol. The Morgan fingerprint density at radius 3 is 2.95 bits per heavy atom. The third kappa shape index (κ3) is 3.50. The number of likely N-dealkylation sites (tertiary alicyclic amines) is 1. The molecule has 0 spiro atoms. The van der Waals surface area contributed by atoms with Crippen molar-refractivity contribution in [3.63, 3.8) is 0 Å². The van der Waals surface area contributed by atoms with Crippen molar-refractivity contribution >= 4 is 15.9 Å². The van der Waals surface area contributed by atoms with Crippen LogP contribution in [0.15, 0.2) is 22.7 Å². The summed E-state index contributed by atoms with van der Waals surface area (Å²) in [6, 6.07) is 6.63. The van der Waals surface area contributed by atoms with Gasteiger partial charge in [-0.05, 0) is 49.1 Å². The number of nitrogens with zero attached hydrogens (tertiary/aromatic N) is 1. The van der Waals surface area contributed by atoms with Crippen LogP contribution in [0.2, 0.25) is 0 Å². The van der Waals surface area contributed by atoms with E-state index in [2.05, 4.69) is 39.9 Å². The third-order valence-electron chi connectivity index (χ3n) is 4.10. The largest absolute Gasteiger partial charge is 0.497 e. The number of halogens is 1. The van der Waals surface area contributed by atoms with Crippen LogP contribution in [0.4, 0.5) is 0 Å². The second kappa shape index (κ2) is 6.73. The summed E-state index contributed by atoms with van der Waals surface area (Å²) in [7, 11) is 1.71. The highest BCUT2D eigenvalue weighted by Crippen LogP contribution is 2.28. The van der Waals surface area contributed by atoms with Crippen molar-refractivity contribution < 1.29 is 4.74 Å². The van der Waals surface area contributed by atoms with Crippen LogP contribution >= 0.6 is 15.9 Å². The van der Waals surface area contributed by atoms with E-state index in [0.717, 1.165) is 29.9 Å². The van der Waals surface area contributed by atoms with Crippen LogP contribution in [0.5, 0.6) is 5.75 Å². The third-order valence-corrected chi connectivity index (χ3v) is 4.87. The van der Waals surface area contributed by atoms with E-state index in [4.69, 9.17) is 10.5 Å². The van der Waals surface area contributed by atoms with Crippen LogP contribution in [0.3, 0.4) is 0 Å². The van der Waals surface area contributed by atoms with Gasteiger partial charge in [-0.2, -0.15) is 0 Å². The Kier molecular flexibility index (Phi) is 5.25. The van der Waals surface area contributed by atoms with Gasteiger partial charge in [0.25, 0.3) is 0 Å². The van der Waals surface area contributed by atoms with Gasteiger partial charge in [-0.3, -0.25) is 4.90 Å². The molecule has 4 heteroatoms. The molecule has 1 fully saturated rings. The van der Waals surface area contributed by atoms with Gasteiger partial charge in [-0.25, -0.2) is 0 Å². The Bertz CT molecular complexity index is 425. The number of hydrogen-bond donors (Lipinski definition) is 1. The number of rotatable bonds is 4. The number of benzene rings is 1. The normalized spacial score (nSPS) is 24.4. The fourth-order valence-electron chi connectivity index (χ4n) is 2.93. The topological polar surface area (TPSA) is 38.5 Å². The maximum atomic E-state index is 5.95. The fraction of sp³-hybridized carbons (Fsp3) is 0.600. The second-order valence-corrected chi connectivity index (χ2v) is 6.20. The quantitative estimate of drug-likeness (QED) is 0.924. The molecule has 2 atom stereocenters. The molecule has 0 saturated carbocycles. The molecule has 0 bridgehead atoms. The van der Waals surface area contributed by atoms with Gasteiger partial charge >= 0.3 is 0 Å². The van der Waals surface area contributed by atoms with E-state index in [0.29, 0.717) is 12.0 Å². The lowest BCUT2D eigenvalue weighted by atomic mass is 9.90. The number of methoxy groups -OCH3 is 1. The molecule has 106 valence electrons. The van der Waals surface area contributed by atoms with Crippen molar-refractivity contribution in [2.24, 2.45) is 11.7 Å². The van der Waals surface area contributed by atoms with Crippen LogP contribution in [0, 0.1) is 5.92 Å². The number of nitrogens with two attached hydrogens (primary N) is 1. The zero-order valence-corrected chi connectivity index (χ0v) is 13.3. The van der Waals surface area contributed by atoms with Gasteiger partial charge in [-0.1, -0.05) is 22.9 Å². The average Bonchev–Trinajstić information content (AvgIpc) is 2.41. The lowest BCUT2D eigenvalue weighted by Crippen LogP contribution is -2.48. The van der Waals surface area contributed by atoms with Crippen molar-refractivity contribution in [3.05, 3.63) is 28.2 Å². The first-order chi connectivity index (χ1) is 9.15. The maximum Gasteiger partial charge on any atom is 0.119 e. The van der Waals surface area contributed by atoms with Crippen molar-refractivity contribution in [2.45, 2.75) is 32.4 Å². The first-order valence-corrected chi connectivity index (χ1v) is 7.71. The SMILES string of the molecule is COc1ccc(Br)c(CN2CCCC(C)C2CN)c1. The van der Waals surface area contributed by atoms with E-state index < -0.39 is 0 Å².